The maximum atomic E-state index is 12.7. The van der Waals surface area contributed by atoms with Crippen molar-refractivity contribution in [3.63, 3.8) is 0 Å². The summed E-state index contributed by atoms with van der Waals surface area (Å²) < 4.78 is 1.93. The van der Waals surface area contributed by atoms with E-state index < -0.39 is 0 Å². The molecule has 0 bridgehead atoms. The maximum Gasteiger partial charge on any atom is 0.282 e. The van der Waals surface area contributed by atoms with Gasteiger partial charge in [0.25, 0.3) is 5.91 Å². The SMILES string of the molecule is O=C(c1nccs1)N1CCN(C2CC(=O)N(c3cn(-c4ccccc4)cn3)C2)CC1. The van der Waals surface area contributed by atoms with Crippen molar-refractivity contribution in [2.45, 2.75) is 12.5 Å². The van der Waals surface area contributed by atoms with Crippen molar-refractivity contribution in [3.8, 4) is 5.69 Å². The van der Waals surface area contributed by atoms with Gasteiger partial charge in [0, 0.05) is 62.5 Å². The standard InChI is InChI=1S/C21H22N6O2S/c28-19-12-17(24-7-9-25(10-8-24)21(29)20-22-6-11-30-20)13-27(19)18-14-26(15-23-18)16-4-2-1-3-5-16/h1-6,11,14-15,17H,7-10,12-13H2. The van der Waals surface area contributed by atoms with Crippen molar-refractivity contribution in [1.82, 2.24) is 24.3 Å². The molecule has 8 nitrogen and oxygen atoms in total. The molecule has 0 N–H and O–H groups in total. The van der Waals surface area contributed by atoms with Gasteiger partial charge in [0.05, 0.1) is 6.20 Å². The first-order valence-corrected chi connectivity index (χ1v) is 10.9. The average Bonchev–Trinajstić information content (AvgIpc) is 3.55. The van der Waals surface area contributed by atoms with Gasteiger partial charge in [0.2, 0.25) is 5.91 Å². The molecule has 5 rings (SSSR count). The number of benzene rings is 1. The van der Waals surface area contributed by atoms with Gasteiger partial charge in [-0.2, -0.15) is 0 Å². The number of carbonyl (C=O) groups is 2. The zero-order chi connectivity index (χ0) is 20.5. The lowest BCUT2D eigenvalue weighted by Gasteiger charge is -2.37. The summed E-state index contributed by atoms with van der Waals surface area (Å²) in [5.41, 5.74) is 1.01. The number of hydrogen-bond donors (Lipinski definition) is 0. The number of para-hydroxylation sites is 1. The van der Waals surface area contributed by atoms with E-state index >= 15 is 0 Å². The van der Waals surface area contributed by atoms with Crippen molar-refractivity contribution in [1.29, 1.82) is 0 Å². The molecule has 2 aromatic heterocycles. The van der Waals surface area contributed by atoms with E-state index in [0.717, 1.165) is 18.8 Å². The van der Waals surface area contributed by atoms with E-state index in [1.54, 1.807) is 17.4 Å². The highest BCUT2D eigenvalue weighted by Crippen LogP contribution is 2.25. The van der Waals surface area contributed by atoms with Crippen molar-refractivity contribution in [2.75, 3.05) is 37.6 Å². The fraction of sp³-hybridized carbons (Fsp3) is 0.333. The molecule has 2 fully saturated rings. The summed E-state index contributed by atoms with van der Waals surface area (Å²) in [6, 6.07) is 10.1. The van der Waals surface area contributed by atoms with Gasteiger partial charge < -0.3 is 9.47 Å². The minimum absolute atomic E-state index is 0.000210. The molecule has 1 atom stereocenters. The zero-order valence-electron chi connectivity index (χ0n) is 16.4. The second-order valence-electron chi connectivity index (χ2n) is 7.50. The smallest absolute Gasteiger partial charge is 0.282 e. The molecule has 2 amide bonds. The van der Waals surface area contributed by atoms with Crippen molar-refractivity contribution >= 4 is 29.0 Å². The van der Waals surface area contributed by atoms with Gasteiger partial charge >= 0.3 is 0 Å². The van der Waals surface area contributed by atoms with E-state index in [0.29, 0.717) is 36.9 Å². The van der Waals surface area contributed by atoms with Gasteiger partial charge in [-0.15, -0.1) is 11.3 Å². The molecule has 154 valence electrons. The van der Waals surface area contributed by atoms with Crippen LogP contribution in [0.15, 0.2) is 54.4 Å². The van der Waals surface area contributed by atoms with Gasteiger partial charge in [-0.25, -0.2) is 9.97 Å². The number of rotatable bonds is 4. The van der Waals surface area contributed by atoms with E-state index in [2.05, 4.69) is 14.9 Å². The van der Waals surface area contributed by atoms with Crippen molar-refractivity contribution in [3.05, 3.63) is 59.4 Å². The number of anilines is 1. The minimum atomic E-state index is 0.000210. The number of aromatic nitrogens is 3. The van der Waals surface area contributed by atoms with Gasteiger partial charge in [-0.1, -0.05) is 18.2 Å². The largest absolute Gasteiger partial charge is 0.334 e. The third-order valence-electron chi connectivity index (χ3n) is 5.74. The van der Waals surface area contributed by atoms with Crippen LogP contribution in [0.4, 0.5) is 5.82 Å². The number of hydrogen-bond acceptors (Lipinski definition) is 6. The third-order valence-corrected chi connectivity index (χ3v) is 6.50. The summed E-state index contributed by atoms with van der Waals surface area (Å²) in [7, 11) is 0. The first kappa shape index (κ1) is 19.0. The predicted molar refractivity (Wildman–Crippen MR) is 114 cm³/mol. The summed E-state index contributed by atoms with van der Waals surface area (Å²) in [6.45, 7) is 3.48. The van der Waals surface area contributed by atoms with Gasteiger partial charge in [-0.3, -0.25) is 19.4 Å². The van der Waals surface area contributed by atoms with E-state index in [1.807, 2.05) is 51.4 Å². The van der Waals surface area contributed by atoms with Crippen LogP contribution in [0.3, 0.4) is 0 Å². The number of amides is 2. The summed E-state index contributed by atoms with van der Waals surface area (Å²) in [6.07, 6.45) is 5.79. The van der Waals surface area contributed by atoms with Crippen molar-refractivity contribution < 1.29 is 9.59 Å². The quantitative estimate of drug-likeness (QED) is 0.642. The lowest BCUT2D eigenvalue weighted by molar-refractivity contribution is -0.117. The molecule has 4 heterocycles. The molecular weight excluding hydrogens is 400 g/mol. The van der Waals surface area contributed by atoms with E-state index in [1.165, 1.54) is 11.3 Å². The van der Waals surface area contributed by atoms with E-state index in [9.17, 15) is 9.59 Å². The maximum absolute atomic E-state index is 12.7. The van der Waals surface area contributed by atoms with Crippen LogP contribution in [0, 0.1) is 0 Å². The van der Waals surface area contributed by atoms with E-state index in [4.69, 9.17) is 0 Å². The van der Waals surface area contributed by atoms with Crippen LogP contribution in [0.25, 0.3) is 5.69 Å². The van der Waals surface area contributed by atoms with Gasteiger partial charge in [0.1, 0.15) is 6.33 Å². The Morgan fingerprint density at radius 1 is 1.07 bits per heavy atom. The Morgan fingerprint density at radius 2 is 1.87 bits per heavy atom. The Balaban J connectivity index is 1.21. The van der Waals surface area contributed by atoms with Crippen LogP contribution >= 0.6 is 11.3 Å². The summed E-state index contributed by atoms with van der Waals surface area (Å²) >= 11 is 1.37. The molecule has 2 saturated heterocycles. The van der Waals surface area contributed by atoms with Crippen LogP contribution in [0.1, 0.15) is 16.2 Å². The molecule has 3 aromatic rings. The molecule has 2 aliphatic rings. The average molecular weight is 423 g/mol. The molecule has 1 aromatic carbocycles. The predicted octanol–water partition coefficient (Wildman–Crippen LogP) is 1.89. The Kier molecular flexibility index (Phi) is 5.06. The third kappa shape index (κ3) is 3.61. The summed E-state index contributed by atoms with van der Waals surface area (Å²) in [5, 5.41) is 2.36. The molecule has 0 saturated carbocycles. The number of nitrogens with zero attached hydrogens (tertiary/aromatic N) is 6. The molecule has 9 heteroatoms. The molecule has 0 spiro atoms. The highest BCUT2D eigenvalue weighted by atomic mass is 32.1. The lowest BCUT2D eigenvalue weighted by atomic mass is 10.2. The number of carbonyl (C=O) groups excluding carboxylic acids is 2. The monoisotopic (exact) mass is 422 g/mol. The Morgan fingerprint density at radius 3 is 2.60 bits per heavy atom. The topological polar surface area (TPSA) is 74.6 Å². The Hall–Kier alpha value is -3.04. The molecule has 1 unspecified atom stereocenters. The lowest BCUT2D eigenvalue weighted by Crippen LogP contribution is -2.52. The second kappa shape index (κ2) is 8.00. The zero-order valence-corrected chi connectivity index (χ0v) is 17.2. The minimum Gasteiger partial charge on any atom is -0.334 e. The first-order chi connectivity index (χ1) is 14.7. The van der Waals surface area contributed by atoms with Crippen molar-refractivity contribution in [2.24, 2.45) is 0 Å². The normalized spacial score (nSPS) is 20.1. The van der Waals surface area contributed by atoms with Crippen LogP contribution in [-0.4, -0.2) is 74.9 Å². The molecule has 2 aliphatic heterocycles. The fourth-order valence-corrected chi connectivity index (χ4v) is 4.70. The summed E-state index contributed by atoms with van der Waals surface area (Å²) in [5.74, 6) is 0.781. The highest BCUT2D eigenvalue weighted by molar-refractivity contribution is 7.11. The van der Waals surface area contributed by atoms with Crippen LogP contribution in [-0.2, 0) is 4.79 Å². The second-order valence-corrected chi connectivity index (χ2v) is 8.40. The summed E-state index contributed by atoms with van der Waals surface area (Å²) in [4.78, 5) is 39.7. The van der Waals surface area contributed by atoms with E-state index in [-0.39, 0.29) is 17.9 Å². The van der Waals surface area contributed by atoms with Crippen LogP contribution < -0.4 is 4.90 Å². The highest BCUT2D eigenvalue weighted by Gasteiger charge is 2.37. The number of thiazole rings is 1. The first-order valence-electron chi connectivity index (χ1n) is 10.0. The molecule has 30 heavy (non-hydrogen) atoms. The molecular formula is C21H22N6O2S. The Labute approximate surface area is 178 Å². The van der Waals surface area contributed by atoms with Gasteiger partial charge in [0.15, 0.2) is 10.8 Å². The van der Waals surface area contributed by atoms with Gasteiger partial charge in [-0.05, 0) is 12.1 Å². The van der Waals surface area contributed by atoms with Crippen LogP contribution in [0.5, 0.6) is 0 Å². The van der Waals surface area contributed by atoms with Crippen LogP contribution in [0.2, 0.25) is 0 Å². The Bertz CT molecular complexity index is 1030. The fourth-order valence-electron chi connectivity index (χ4n) is 4.10. The molecule has 0 aliphatic carbocycles. The number of imidazole rings is 1. The number of piperazine rings is 1. The molecule has 0 radical (unpaired) electrons.